The number of carbonyl (C=O) groups excluding carboxylic acids is 1. The van der Waals surface area contributed by atoms with Gasteiger partial charge in [-0.15, -0.1) is 10.2 Å². The SMILES string of the molecule is CCOC(=O)c1nnc(-c2cc(O)c(F)cc2NS(=O)(=O)c2ccc(C(C)(C)C)cc2)n1C. The Balaban J connectivity index is 2.05. The lowest BCUT2D eigenvalue weighted by Crippen LogP contribution is -2.16. The standard InChI is InChI=1S/C22H25FN4O5S/c1-6-32-21(29)20-25-24-19(27(20)5)15-11-18(28)16(23)12-17(15)26-33(30,31)14-9-7-13(8-10-14)22(2,3)4/h7-12,26,28H,6H2,1-5H3. The maximum atomic E-state index is 14.2. The van der Waals surface area contributed by atoms with E-state index < -0.39 is 27.6 Å². The highest BCUT2D eigenvalue weighted by molar-refractivity contribution is 7.92. The summed E-state index contributed by atoms with van der Waals surface area (Å²) < 4.78 is 48.7. The third-order valence-electron chi connectivity index (χ3n) is 4.94. The first-order valence-electron chi connectivity index (χ1n) is 10.1. The molecule has 2 N–H and O–H groups in total. The average Bonchev–Trinajstić information content (AvgIpc) is 3.11. The van der Waals surface area contributed by atoms with Gasteiger partial charge in [0, 0.05) is 18.7 Å². The molecular weight excluding hydrogens is 451 g/mol. The number of hydrogen-bond acceptors (Lipinski definition) is 7. The van der Waals surface area contributed by atoms with Crippen LogP contribution in [0.5, 0.6) is 5.75 Å². The van der Waals surface area contributed by atoms with E-state index in [1.165, 1.54) is 23.7 Å². The number of esters is 1. The van der Waals surface area contributed by atoms with Crippen molar-refractivity contribution in [2.24, 2.45) is 7.05 Å². The minimum Gasteiger partial charge on any atom is -0.505 e. The minimum absolute atomic E-state index is 0.0223. The molecule has 0 saturated heterocycles. The molecule has 0 spiro atoms. The number of anilines is 1. The molecule has 33 heavy (non-hydrogen) atoms. The van der Waals surface area contributed by atoms with Crippen LogP contribution in [-0.4, -0.2) is 40.9 Å². The zero-order chi connectivity index (χ0) is 24.6. The van der Waals surface area contributed by atoms with Crippen LogP contribution in [0.25, 0.3) is 11.4 Å². The van der Waals surface area contributed by atoms with Crippen LogP contribution < -0.4 is 4.72 Å². The number of aromatic nitrogens is 3. The van der Waals surface area contributed by atoms with E-state index in [9.17, 15) is 22.7 Å². The molecule has 2 aromatic carbocycles. The number of sulfonamides is 1. The second-order valence-corrected chi connectivity index (χ2v) is 10.0. The summed E-state index contributed by atoms with van der Waals surface area (Å²) in [6, 6.07) is 8.18. The Kier molecular flexibility index (Phi) is 6.46. The van der Waals surface area contributed by atoms with Crippen LogP contribution >= 0.6 is 0 Å². The molecule has 0 atom stereocenters. The van der Waals surface area contributed by atoms with Gasteiger partial charge in [-0.2, -0.15) is 0 Å². The number of nitrogens with one attached hydrogen (secondary N) is 1. The smallest absolute Gasteiger partial charge is 0.376 e. The van der Waals surface area contributed by atoms with Crippen LogP contribution in [0.15, 0.2) is 41.3 Å². The lowest BCUT2D eigenvalue weighted by molar-refractivity contribution is 0.0507. The Morgan fingerprint density at radius 3 is 2.39 bits per heavy atom. The molecule has 1 aromatic heterocycles. The zero-order valence-corrected chi connectivity index (χ0v) is 19.7. The number of ether oxygens (including phenoxy) is 1. The Hall–Kier alpha value is -3.47. The van der Waals surface area contributed by atoms with Crippen molar-refractivity contribution in [3.8, 4) is 17.1 Å². The molecule has 0 aliphatic rings. The summed E-state index contributed by atoms with van der Waals surface area (Å²) in [4.78, 5) is 12.0. The van der Waals surface area contributed by atoms with Crippen molar-refractivity contribution >= 4 is 21.7 Å². The van der Waals surface area contributed by atoms with Crippen molar-refractivity contribution in [1.29, 1.82) is 0 Å². The van der Waals surface area contributed by atoms with Gasteiger partial charge in [0.15, 0.2) is 17.4 Å². The molecular formula is C22H25FN4O5S. The summed E-state index contributed by atoms with van der Waals surface area (Å²) in [6.45, 7) is 7.77. The maximum Gasteiger partial charge on any atom is 0.376 e. The number of nitrogens with zero attached hydrogens (tertiary/aromatic N) is 3. The summed E-state index contributed by atoms with van der Waals surface area (Å²) in [5.41, 5.74) is 0.624. The quantitative estimate of drug-likeness (QED) is 0.411. The molecule has 0 aliphatic carbocycles. The van der Waals surface area contributed by atoms with E-state index in [1.807, 2.05) is 20.8 Å². The van der Waals surface area contributed by atoms with Gasteiger partial charge in [-0.3, -0.25) is 4.72 Å². The Bertz CT molecular complexity index is 1300. The van der Waals surface area contributed by atoms with Crippen LogP contribution in [0, 0.1) is 5.82 Å². The summed E-state index contributed by atoms with van der Waals surface area (Å²) in [5, 5.41) is 17.6. The fourth-order valence-electron chi connectivity index (χ4n) is 3.11. The van der Waals surface area contributed by atoms with Gasteiger partial charge in [0.05, 0.1) is 17.2 Å². The summed E-state index contributed by atoms with van der Waals surface area (Å²) in [6.07, 6.45) is 0. The van der Waals surface area contributed by atoms with Gasteiger partial charge < -0.3 is 14.4 Å². The van der Waals surface area contributed by atoms with Crippen molar-refractivity contribution in [3.05, 3.63) is 53.6 Å². The lowest BCUT2D eigenvalue weighted by atomic mass is 9.87. The first-order valence-corrected chi connectivity index (χ1v) is 11.6. The van der Waals surface area contributed by atoms with Gasteiger partial charge in [0.2, 0.25) is 5.82 Å². The minimum atomic E-state index is -4.11. The number of phenolic OH excluding ortho intramolecular Hbond substituents is 1. The first kappa shape index (κ1) is 24.2. The predicted molar refractivity (Wildman–Crippen MR) is 120 cm³/mol. The summed E-state index contributed by atoms with van der Waals surface area (Å²) in [7, 11) is -2.65. The van der Waals surface area contributed by atoms with Crippen LogP contribution in [-0.2, 0) is 27.2 Å². The van der Waals surface area contributed by atoms with E-state index in [2.05, 4.69) is 14.9 Å². The van der Waals surface area contributed by atoms with Crippen LogP contribution in [0.1, 0.15) is 43.9 Å². The van der Waals surface area contributed by atoms with E-state index in [4.69, 9.17) is 4.74 Å². The molecule has 3 aromatic rings. The fraction of sp³-hybridized carbons (Fsp3) is 0.318. The van der Waals surface area contributed by atoms with Crippen molar-refractivity contribution in [3.63, 3.8) is 0 Å². The molecule has 0 unspecified atom stereocenters. The number of carbonyl (C=O) groups is 1. The van der Waals surface area contributed by atoms with Gasteiger partial charge in [0.1, 0.15) is 0 Å². The molecule has 0 saturated carbocycles. The van der Waals surface area contributed by atoms with Crippen molar-refractivity contribution in [1.82, 2.24) is 14.8 Å². The number of rotatable bonds is 6. The second-order valence-electron chi connectivity index (χ2n) is 8.36. The van der Waals surface area contributed by atoms with Gasteiger partial charge >= 0.3 is 5.97 Å². The topological polar surface area (TPSA) is 123 Å². The van der Waals surface area contributed by atoms with Crippen LogP contribution in [0.4, 0.5) is 10.1 Å². The molecule has 3 rings (SSSR count). The van der Waals surface area contributed by atoms with Crippen molar-refractivity contribution < 1.29 is 27.4 Å². The highest BCUT2D eigenvalue weighted by Crippen LogP contribution is 2.34. The highest BCUT2D eigenvalue weighted by Gasteiger charge is 2.24. The third-order valence-corrected chi connectivity index (χ3v) is 6.32. The second kappa shape index (κ2) is 8.81. The van der Waals surface area contributed by atoms with Gasteiger partial charge in [0.25, 0.3) is 10.0 Å². The maximum absolute atomic E-state index is 14.2. The van der Waals surface area contributed by atoms with Gasteiger partial charge in [-0.25, -0.2) is 17.6 Å². The molecule has 0 amide bonds. The average molecular weight is 477 g/mol. The Morgan fingerprint density at radius 1 is 1.18 bits per heavy atom. The number of hydrogen-bond donors (Lipinski definition) is 2. The number of halogens is 1. The fourth-order valence-corrected chi connectivity index (χ4v) is 4.18. The first-order chi connectivity index (χ1) is 15.3. The zero-order valence-electron chi connectivity index (χ0n) is 18.9. The van der Waals surface area contributed by atoms with E-state index in [1.54, 1.807) is 19.1 Å². The van der Waals surface area contributed by atoms with Crippen LogP contribution in [0.3, 0.4) is 0 Å². The monoisotopic (exact) mass is 476 g/mol. The van der Waals surface area contributed by atoms with Crippen molar-refractivity contribution in [2.75, 3.05) is 11.3 Å². The molecule has 0 bridgehead atoms. The molecule has 0 radical (unpaired) electrons. The summed E-state index contributed by atoms with van der Waals surface area (Å²) in [5.74, 6) is -2.60. The molecule has 1 heterocycles. The molecule has 176 valence electrons. The molecule has 11 heteroatoms. The van der Waals surface area contributed by atoms with E-state index >= 15 is 0 Å². The highest BCUT2D eigenvalue weighted by atomic mass is 32.2. The predicted octanol–water partition coefficient (Wildman–Crippen LogP) is 3.60. The van der Waals surface area contributed by atoms with E-state index in [-0.39, 0.29) is 39.8 Å². The Labute approximate surface area is 191 Å². The Morgan fingerprint density at radius 2 is 1.82 bits per heavy atom. The van der Waals surface area contributed by atoms with Gasteiger partial charge in [-0.05, 0) is 36.1 Å². The van der Waals surface area contributed by atoms with E-state index in [0.717, 1.165) is 17.7 Å². The number of aromatic hydroxyl groups is 1. The number of phenols is 1. The number of benzene rings is 2. The largest absolute Gasteiger partial charge is 0.505 e. The molecule has 0 aliphatic heterocycles. The lowest BCUT2D eigenvalue weighted by Gasteiger charge is -2.19. The van der Waals surface area contributed by atoms with Crippen molar-refractivity contribution in [2.45, 2.75) is 38.0 Å². The van der Waals surface area contributed by atoms with Crippen LogP contribution in [0.2, 0.25) is 0 Å². The molecule has 0 fully saturated rings. The third kappa shape index (κ3) is 4.98. The summed E-state index contributed by atoms with van der Waals surface area (Å²) >= 11 is 0. The normalized spacial score (nSPS) is 11.9. The molecule has 9 nitrogen and oxygen atoms in total. The van der Waals surface area contributed by atoms with E-state index in [0.29, 0.717) is 0 Å². The van der Waals surface area contributed by atoms with Gasteiger partial charge in [-0.1, -0.05) is 32.9 Å².